The highest BCUT2D eigenvalue weighted by atomic mass is 16.2. The van der Waals surface area contributed by atoms with Crippen LogP contribution in [0, 0.1) is 5.92 Å². The van der Waals surface area contributed by atoms with Crippen molar-refractivity contribution in [1.29, 1.82) is 0 Å². The van der Waals surface area contributed by atoms with Gasteiger partial charge in [0.2, 0.25) is 11.8 Å². The standard InChI is InChI=1S/C20H28N2O2/c1-3-15-8-10-18(11-9-15)22-14-16(13-19(22)23)20(24)21-12-6-5-7-17(21)4-2/h8-11,16-17H,3-7,12-14H2,1-2H3/t16-,17-/m1/s1. The second kappa shape index (κ2) is 7.37. The molecule has 0 aromatic heterocycles. The van der Waals surface area contributed by atoms with Gasteiger partial charge in [0.1, 0.15) is 0 Å². The second-order valence-corrected chi connectivity index (χ2v) is 7.01. The molecule has 24 heavy (non-hydrogen) atoms. The molecule has 0 bridgehead atoms. The van der Waals surface area contributed by atoms with Crippen molar-refractivity contribution in [3.63, 3.8) is 0 Å². The Balaban J connectivity index is 1.70. The van der Waals surface area contributed by atoms with Gasteiger partial charge in [-0.25, -0.2) is 0 Å². The van der Waals surface area contributed by atoms with E-state index in [1.165, 1.54) is 12.0 Å². The minimum absolute atomic E-state index is 0.0719. The minimum atomic E-state index is -0.185. The maximum absolute atomic E-state index is 12.9. The lowest BCUT2D eigenvalue weighted by atomic mass is 9.97. The number of anilines is 1. The highest BCUT2D eigenvalue weighted by Crippen LogP contribution is 2.29. The summed E-state index contributed by atoms with van der Waals surface area (Å²) >= 11 is 0. The van der Waals surface area contributed by atoms with Crippen molar-refractivity contribution < 1.29 is 9.59 Å². The van der Waals surface area contributed by atoms with Crippen LogP contribution >= 0.6 is 0 Å². The SMILES string of the molecule is CCc1ccc(N2C[C@H](C(=O)N3CCCC[C@H]3CC)CC2=O)cc1. The van der Waals surface area contributed by atoms with Gasteiger partial charge in [-0.2, -0.15) is 0 Å². The molecule has 2 amide bonds. The molecule has 2 heterocycles. The number of likely N-dealkylation sites (tertiary alicyclic amines) is 1. The van der Waals surface area contributed by atoms with E-state index < -0.39 is 0 Å². The van der Waals surface area contributed by atoms with Crippen molar-refractivity contribution in [2.75, 3.05) is 18.0 Å². The first-order valence-electron chi connectivity index (χ1n) is 9.33. The molecule has 3 rings (SSSR count). The lowest BCUT2D eigenvalue weighted by Gasteiger charge is -2.36. The van der Waals surface area contributed by atoms with E-state index in [2.05, 4.69) is 26.0 Å². The van der Waals surface area contributed by atoms with Crippen LogP contribution in [-0.2, 0) is 16.0 Å². The Kier molecular flexibility index (Phi) is 5.22. The average Bonchev–Trinajstić information content (AvgIpc) is 3.03. The first-order chi connectivity index (χ1) is 11.6. The van der Waals surface area contributed by atoms with Gasteiger partial charge >= 0.3 is 0 Å². The molecule has 0 saturated carbocycles. The number of nitrogens with zero attached hydrogens (tertiary/aromatic N) is 2. The van der Waals surface area contributed by atoms with Crippen LogP contribution in [0.25, 0.3) is 0 Å². The van der Waals surface area contributed by atoms with Crippen molar-refractivity contribution >= 4 is 17.5 Å². The largest absolute Gasteiger partial charge is 0.339 e. The summed E-state index contributed by atoms with van der Waals surface area (Å²) in [6.45, 7) is 5.65. The molecule has 4 heteroatoms. The monoisotopic (exact) mass is 328 g/mol. The zero-order valence-corrected chi connectivity index (χ0v) is 14.8. The maximum Gasteiger partial charge on any atom is 0.228 e. The summed E-state index contributed by atoms with van der Waals surface area (Å²) in [5.74, 6) is 0.0701. The fourth-order valence-electron chi connectivity index (χ4n) is 3.98. The predicted molar refractivity (Wildman–Crippen MR) is 95.9 cm³/mol. The minimum Gasteiger partial charge on any atom is -0.339 e. The first-order valence-corrected chi connectivity index (χ1v) is 9.33. The molecule has 4 nitrogen and oxygen atoms in total. The Morgan fingerprint density at radius 1 is 1.17 bits per heavy atom. The molecule has 0 spiro atoms. The van der Waals surface area contributed by atoms with Gasteiger partial charge in [-0.15, -0.1) is 0 Å². The number of piperidine rings is 1. The highest BCUT2D eigenvalue weighted by Gasteiger charge is 2.39. The molecule has 0 radical (unpaired) electrons. The summed E-state index contributed by atoms with van der Waals surface area (Å²) in [6, 6.07) is 8.49. The molecule has 0 aliphatic carbocycles. The van der Waals surface area contributed by atoms with E-state index in [1.54, 1.807) is 4.90 Å². The quantitative estimate of drug-likeness (QED) is 0.850. The number of benzene rings is 1. The summed E-state index contributed by atoms with van der Waals surface area (Å²) < 4.78 is 0. The van der Waals surface area contributed by atoms with E-state index in [4.69, 9.17) is 0 Å². The van der Waals surface area contributed by atoms with Gasteiger partial charge in [-0.1, -0.05) is 26.0 Å². The molecule has 2 aliphatic heterocycles. The molecular formula is C20H28N2O2. The topological polar surface area (TPSA) is 40.6 Å². The Hall–Kier alpha value is -1.84. The maximum atomic E-state index is 12.9. The Morgan fingerprint density at radius 2 is 1.92 bits per heavy atom. The van der Waals surface area contributed by atoms with Gasteiger partial charge in [-0.3, -0.25) is 9.59 Å². The Morgan fingerprint density at radius 3 is 2.58 bits per heavy atom. The number of carbonyl (C=O) groups is 2. The first kappa shape index (κ1) is 17.0. The lowest BCUT2D eigenvalue weighted by Crippen LogP contribution is -2.46. The molecule has 0 unspecified atom stereocenters. The van der Waals surface area contributed by atoms with Crippen LogP contribution < -0.4 is 4.90 Å². The van der Waals surface area contributed by atoms with Crippen molar-refractivity contribution in [1.82, 2.24) is 4.90 Å². The molecule has 130 valence electrons. The molecule has 2 atom stereocenters. The summed E-state index contributed by atoms with van der Waals surface area (Å²) in [6.07, 6.45) is 5.75. The van der Waals surface area contributed by atoms with Gasteiger partial charge in [0, 0.05) is 31.2 Å². The van der Waals surface area contributed by atoms with Crippen molar-refractivity contribution in [3.05, 3.63) is 29.8 Å². The number of carbonyl (C=O) groups excluding carboxylic acids is 2. The average molecular weight is 328 g/mol. The Labute approximate surface area is 144 Å². The van der Waals surface area contributed by atoms with Gasteiger partial charge in [0.05, 0.1) is 5.92 Å². The Bertz CT molecular complexity index is 596. The predicted octanol–water partition coefficient (Wildman–Crippen LogP) is 3.39. The lowest BCUT2D eigenvalue weighted by molar-refractivity contribution is -0.139. The van der Waals surface area contributed by atoms with Gasteiger partial charge in [0.15, 0.2) is 0 Å². The van der Waals surface area contributed by atoms with E-state index in [0.29, 0.717) is 19.0 Å². The third-order valence-corrected chi connectivity index (χ3v) is 5.51. The summed E-state index contributed by atoms with van der Waals surface area (Å²) in [5, 5.41) is 0. The molecule has 1 aromatic carbocycles. The van der Waals surface area contributed by atoms with Gasteiger partial charge < -0.3 is 9.80 Å². The molecule has 2 aliphatic rings. The van der Waals surface area contributed by atoms with E-state index in [1.807, 2.05) is 17.0 Å². The van der Waals surface area contributed by atoms with Crippen molar-refractivity contribution in [2.24, 2.45) is 5.92 Å². The number of rotatable bonds is 4. The van der Waals surface area contributed by atoms with Gasteiger partial charge in [-0.05, 0) is 49.8 Å². The zero-order valence-electron chi connectivity index (χ0n) is 14.8. The fourth-order valence-corrected chi connectivity index (χ4v) is 3.98. The van der Waals surface area contributed by atoms with Crippen LogP contribution in [0.5, 0.6) is 0 Å². The molecular weight excluding hydrogens is 300 g/mol. The number of hydrogen-bond donors (Lipinski definition) is 0. The van der Waals surface area contributed by atoms with E-state index in [0.717, 1.165) is 37.9 Å². The molecule has 1 aromatic rings. The van der Waals surface area contributed by atoms with Crippen LogP contribution in [0.15, 0.2) is 24.3 Å². The summed E-state index contributed by atoms with van der Waals surface area (Å²) in [4.78, 5) is 29.2. The molecule has 0 N–H and O–H groups in total. The van der Waals surface area contributed by atoms with Crippen LogP contribution in [-0.4, -0.2) is 35.8 Å². The van der Waals surface area contributed by atoms with Crippen LogP contribution in [0.3, 0.4) is 0 Å². The normalized spacial score (nSPS) is 24.5. The second-order valence-electron chi connectivity index (χ2n) is 7.01. The number of hydrogen-bond acceptors (Lipinski definition) is 2. The zero-order chi connectivity index (χ0) is 17.1. The summed E-state index contributed by atoms with van der Waals surface area (Å²) in [5.41, 5.74) is 2.18. The third kappa shape index (κ3) is 3.33. The van der Waals surface area contributed by atoms with E-state index >= 15 is 0 Å². The summed E-state index contributed by atoms with van der Waals surface area (Å²) in [7, 11) is 0. The molecule has 2 saturated heterocycles. The smallest absolute Gasteiger partial charge is 0.228 e. The van der Waals surface area contributed by atoms with Crippen LogP contribution in [0.4, 0.5) is 5.69 Å². The van der Waals surface area contributed by atoms with Crippen LogP contribution in [0.1, 0.15) is 51.5 Å². The van der Waals surface area contributed by atoms with Crippen molar-refractivity contribution in [2.45, 2.75) is 58.4 Å². The fraction of sp³-hybridized carbons (Fsp3) is 0.600. The van der Waals surface area contributed by atoms with E-state index in [-0.39, 0.29) is 17.7 Å². The third-order valence-electron chi connectivity index (χ3n) is 5.51. The number of aryl methyl sites for hydroxylation is 1. The van der Waals surface area contributed by atoms with Crippen molar-refractivity contribution in [3.8, 4) is 0 Å². The highest BCUT2D eigenvalue weighted by molar-refractivity contribution is 6.00. The van der Waals surface area contributed by atoms with E-state index in [9.17, 15) is 9.59 Å². The van der Waals surface area contributed by atoms with Crippen LogP contribution in [0.2, 0.25) is 0 Å². The molecule has 2 fully saturated rings. The van der Waals surface area contributed by atoms with Gasteiger partial charge in [0.25, 0.3) is 0 Å². The number of amides is 2.